The quantitative estimate of drug-likeness (QED) is 0.293. The van der Waals surface area contributed by atoms with E-state index in [0.29, 0.717) is 17.9 Å². The Morgan fingerprint density at radius 3 is 2.49 bits per heavy atom. The first-order valence-electron chi connectivity index (χ1n) is 12.0. The van der Waals surface area contributed by atoms with Crippen LogP contribution in [0, 0.1) is 6.92 Å². The topological polar surface area (TPSA) is 76.2 Å². The van der Waals surface area contributed by atoms with Crippen LogP contribution in [0.4, 0.5) is 0 Å². The number of ether oxygens (including phenoxy) is 3. The zero-order chi connectivity index (χ0) is 25.9. The zero-order valence-electron chi connectivity index (χ0n) is 21.3. The lowest BCUT2D eigenvalue weighted by atomic mass is 9.98. The van der Waals surface area contributed by atoms with Gasteiger partial charge in [0.2, 0.25) is 0 Å². The van der Waals surface area contributed by atoms with Crippen LogP contribution in [0.15, 0.2) is 76.7 Å². The molecule has 0 radical (unpaired) electrons. The van der Waals surface area contributed by atoms with Crippen molar-refractivity contribution in [3.63, 3.8) is 0 Å². The molecule has 0 aliphatic carbocycles. The molecule has 5 rings (SSSR count). The number of fused-ring (bicyclic) bond motifs is 1. The summed E-state index contributed by atoms with van der Waals surface area (Å²) in [6, 6.07) is 21.4. The van der Waals surface area contributed by atoms with Crippen molar-refractivity contribution in [1.29, 1.82) is 0 Å². The number of thioether (sulfide) groups is 1. The average Bonchev–Trinajstić information content (AvgIpc) is 3.52. The van der Waals surface area contributed by atoms with Crippen LogP contribution in [0.25, 0.3) is 10.9 Å². The average molecular weight is 516 g/mol. The summed E-state index contributed by atoms with van der Waals surface area (Å²) < 4.78 is 16.2. The highest BCUT2D eigenvalue weighted by Gasteiger charge is 2.34. The second-order valence-corrected chi connectivity index (χ2v) is 9.75. The van der Waals surface area contributed by atoms with Crippen molar-refractivity contribution in [3.8, 4) is 17.2 Å². The maximum absolute atomic E-state index is 13.6. The zero-order valence-corrected chi connectivity index (χ0v) is 22.1. The summed E-state index contributed by atoms with van der Waals surface area (Å²) in [7, 11) is 4.86. The second-order valence-electron chi connectivity index (χ2n) is 8.76. The Morgan fingerprint density at radius 2 is 1.76 bits per heavy atom. The molecule has 190 valence electrons. The van der Waals surface area contributed by atoms with Gasteiger partial charge in [-0.2, -0.15) is 5.10 Å². The van der Waals surface area contributed by atoms with Gasteiger partial charge in [-0.1, -0.05) is 24.3 Å². The number of aromatic nitrogens is 1. The summed E-state index contributed by atoms with van der Waals surface area (Å²) in [5.74, 6) is 2.25. The number of hydrogen-bond acceptors (Lipinski definition) is 6. The molecule has 4 aromatic rings. The minimum Gasteiger partial charge on any atom is -0.497 e. The lowest BCUT2D eigenvalue weighted by Crippen LogP contribution is -2.28. The van der Waals surface area contributed by atoms with E-state index in [1.165, 1.54) is 11.8 Å². The van der Waals surface area contributed by atoms with Crippen molar-refractivity contribution in [1.82, 2.24) is 9.99 Å². The van der Waals surface area contributed by atoms with Gasteiger partial charge in [-0.15, -0.1) is 11.8 Å². The summed E-state index contributed by atoms with van der Waals surface area (Å²) in [6.07, 6.45) is 0.588. The summed E-state index contributed by atoms with van der Waals surface area (Å²) in [6.45, 7) is 2.04. The van der Waals surface area contributed by atoms with Crippen LogP contribution in [-0.4, -0.2) is 48.7 Å². The van der Waals surface area contributed by atoms with Crippen LogP contribution < -0.4 is 14.2 Å². The molecule has 0 fully saturated rings. The van der Waals surface area contributed by atoms with Crippen molar-refractivity contribution >= 4 is 34.3 Å². The maximum atomic E-state index is 13.6. The molecule has 7 nitrogen and oxygen atoms in total. The lowest BCUT2D eigenvalue weighted by molar-refractivity contribution is -0.130. The second kappa shape index (κ2) is 10.6. The summed E-state index contributed by atoms with van der Waals surface area (Å²) in [5.41, 5.74) is 4.87. The normalized spacial score (nSPS) is 15.1. The predicted molar refractivity (Wildman–Crippen MR) is 147 cm³/mol. The molecule has 1 amide bonds. The molecule has 1 atom stereocenters. The Hall–Kier alpha value is -3.91. The number of amides is 1. The molecule has 1 unspecified atom stereocenters. The SMILES string of the molecule is COc1ccc(C2=NN(C(=O)CSc3c(C)[nH]c4ccccc34)C(c3ccc(OC)c(OC)c3)C2)cc1. The molecule has 0 bridgehead atoms. The van der Waals surface area contributed by atoms with Crippen LogP contribution >= 0.6 is 11.8 Å². The van der Waals surface area contributed by atoms with Gasteiger partial charge >= 0.3 is 0 Å². The maximum Gasteiger partial charge on any atom is 0.253 e. The van der Waals surface area contributed by atoms with Gasteiger partial charge in [-0.25, -0.2) is 5.01 Å². The fourth-order valence-electron chi connectivity index (χ4n) is 4.65. The fraction of sp³-hybridized carbons (Fsp3) is 0.241. The number of aryl methyl sites for hydroxylation is 1. The van der Waals surface area contributed by atoms with Crippen LogP contribution in [0.2, 0.25) is 0 Å². The van der Waals surface area contributed by atoms with E-state index in [1.54, 1.807) is 26.3 Å². The first kappa shape index (κ1) is 24.8. The molecular formula is C29H29N3O4S. The van der Waals surface area contributed by atoms with Crippen LogP contribution in [-0.2, 0) is 4.79 Å². The molecule has 8 heteroatoms. The molecule has 1 N–H and O–H groups in total. The van der Waals surface area contributed by atoms with Crippen LogP contribution in [0.1, 0.15) is 29.3 Å². The number of hydrazone groups is 1. The third-order valence-corrected chi connectivity index (χ3v) is 7.76. The number of aromatic amines is 1. The van der Waals surface area contributed by atoms with E-state index in [-0.39, 0.29) is 17.7 Å². The van der Waals surface area contributed by atoms with E-state index < -0.39 is 0 Å². The monoisotopic (exact) mass is 515 g/mol. The number of para-hydroxylation sites is 1. The molecule has 0 spiro atoms. The Bertz CT molecular complexity index is 1460. The highest BCUT2D eigenvalue weighted by molar-refractivity contribution is 8.00. The molecule has 1 aromatic heterocycles. The van der Waals surface area contributed by atoms with Crippen LogP contribution in [0.3, 0.4) is 0 Å². The number of H-pyrrole nitrogens is 1. The summed E-state index contributed by atoms with van der Waals surface area (Å²) in [4.78, 5) is 18.1. The van der Waals surface area contributed by atoms with Crippen LogP contribution in [0.5, 0.6) is 17.2 Å². The number of rotatable bonds is 8. The van der Waals surface area contributed by atoms with Crippen molar-refractivity contribution in [3.05, 3.63) is 83.6 Å². The van der Waals surface area contributed by atoms with E-state index in [2.05, 4.69) is 11.1 Å². The standard InChI is InChI=1S/C29H29N3O4S/c1-18-29(22-7-5-6-8-23(22)30-18)37-17-28(33)32-25(20-11-14-26(35-3)27(15-20)36-4)16-24(31-32)19-9-12-21(34-2)13-10-19/h5-15,25,30H,16-17H2,1-4H3. The van der Waals surface area contributed by atoms with Gasteiger partial charge in [0.05, 0.1) is 38.8 Å². The van der Waals surface area contributed by atoms with Gasteiger partial charge < -0.3 is 19.2 Å². The number of nitrogens with one attached hydrogen (secondary N) is 1. The summed E-state index contributed by atoms with van der Waals surface area (Å²) >= 11 is 1.54. The minimum atomic E-state index is -0.255. The number of carbonyl (C=O) groups excluding carboxylic acids is 1. The Labute approximate surface area is 220 Å². The third kappa shape index (κ3) is 4.89. The van der Waals surface area contributed by atoms with Crippen molar-refractivity contribution in [2.24, 2.45) is 5.10 Å². The number of methoxy groups -OCH3 is 3. The predicted octanol–water partition coefficient (Wildman–Crippen LogP) is 5.97. The van der Waals surface area contributed by atoms with Gasteiger partial charge in [-0.05, 0) is 60.5 Å². The minimum absolute atomic E-state index is 0.0574. The lowest BCUT2D eigenvalue weighted by Gasteiger charge is -2.23. The molecule has 2 heterocycles. The molecule has 1 aliphatic rings. The van der Waals surface area contributed by atoms with Gasteiger partial charge in [0.15, 0.2) is 11.5 Å². The third-order valence-electron chi connectivity index (χ3n) is 6.56. The van der Waals surface area contributed by atoms with E-state index in [0.717, 1.165) is 44.1 Å². The molecule has 0 saturated heterocycles. The van der Waals surface area contributed by atoms with Crippen molar-refractivity contribution < 1.29 is 19.0 Å². The van der Waals surface area contributed by atoms with E-state index in [1.807, 2.05) is 67.6 Å². The first-order chi connectivity index (χ1) is 18.0. The Morgan fingerprint density at radius 1 is 1.00 bits per heavy atom. The van der Waals surface area contributed by atoms with E-state index in [9.17, 15) is 4.79 Å². The van der Waals surface area contributed by atoms with Gasteiger partial charge in [0, 0.05) is 27.9 Å². The largest absolute Gasteiger partial charge is 0.497 e. The number of hydrogen-bond donors (Lipinski definition) is 1. The highest BCUT2D eigenvalue weighted by atomic mass is 32.2. The Balaban J connectivity index is 1.45. The van der Waals surface area contributed by atoms with Gasteiger partial charge in [-0.3, -0.25) is 4.79 Å². The number of nitrogens with zero attached hydrogens (tertiary/aromatic N) is 2. The fourth-order valence-corrected chi connectivity index (χ4v) is 5.66. The summed E-state index contributed by atoms with van der Waals surface area (Å²) in [5, 5.41) is 7.57. The molecule has 3 aromatic carbocycles. The Kier molecular flexibility index (Phi) is 7.10. The molecule has 0 saturated carbocycles. The molecule has 1 aliphatic heterocycles. The van der Waals surface area contributed by atoms with E-state index in [4.69, 9.17) is 19.3 Å². The molecule has 37 heavy (non-hydrogen) atoms. The molecular weight excluding hydrogens is 486 g/mol. The van der Waals surface area contributed by atoms with Crippen molar-refractivity contribution in [2.45, 2.75) is 24.3 Å². The van der Waals surface area contributed by atoms with E-state index >= 15 is 0 Å². The number of carbonyl (C=O) groups is 1. The number of benzene rings is 3. The first-order valence-corrected chi connectivity index (χ1v) is 13.0. The van der Waals surface area contributed by atoms with Gasteiger partial charge in [0.1, 0.15) is 5.75 Å². The van der Waals surface area contributed by atoms with Gasteiger partial charge in [0.25, 0.3) is 5.91 Å². The highest BCUT2D eigenvalue weighted by Crippen LogP contribution is 2.39. The van der Waals surface area contributed by atoms with Crippen molar-refractivity contribution in [2.75, 3.05) is 27.1 Å². The smallest absolute Gasteiger partial charge is 0.253 e.